The number of nitrogens with two attached hydrogens (primary N) is 1. The van der Waals surface area contributed by atoms with E-state index >= 15 is 0 Å². The first-order valence-electron chi connectivity index (χ1n) is 10.3. The number of ether oxygens (including phenoxy) is 1. The van der Waals surface area contributed by atoms with Crippen LogP contribution < -0.4 is 15.8 Å². The van der Waals surface area contributed by atoms with Gasteiger partial charge in [-0.25, -0.2) is 0 Å². The third kappa shape index (κ3) is 3.21. The van der Waals surface area contributed by atoms with Crippen LogP contribution in [0.3, 0.4) is 0 Å². The Morgan fingerprint density at radius 2 is 2.07 bits per heavy atom. The smallest absolute Gasteiger partial charge is 0.129 e. The van der Waals surface area contributed by atoms with Gasteiger partial charge in [0.2, 0.25) is 0 Å². The molecule has 5 N–H and O–H groups in total. The van der Waals surface area contributed by atoms with E-state index in [4.69, 9.17) is 10.5 Å². The van der Waals surface area contributed by atoms with Gasteiger partial charge in [-0.1, -0.05) is 12.1 Å². The number of fused-ring (bicyclic) bond motifs is 2. The van der Waals surface area contributed by atoms with Gasteiger partial charge in [0.1, 0.15) is 24.1 Å². The van der Waals surface area contributed by atoms with Gasteiger partial charge < -0.3 is 30.6 Å². The number of rotatable bonds is 3. The molecule has 2 aliphatic rings. The van der Waals surface area contributed by atoms with Crippen molar-refractivity contribution in [1.29, 1.82) is 0 Å². The summed E-state index contributed by atoms with van der Waals surface area (Å²) in [4.78, 5) is 0. The van der Waals surface area contributed by atoms with E-state index in [9.17, 15) is 10.2 Å². The number of aryl methyl sites for hydroxylation is 1. The molecule has 1 aliphatic heterocycles. The van der Waals surface area contributed by atoms with Gasteiger partial charge in [0, 0.05) is 40.3 Å². The summed E-state index contributed by atoms with van der Waals surface area (Å²) in [5, 5.41) is 26.0. The van der Waals surface area contributed by atoms with Crippen LogP contribution in [0.25, 0.3) is 10.9 Å². The van der Waals surface area contributed by atoms with E-state index in [1.54, 1.807) is 0 Å². The molecule has 1 aliphatic carbocycles. The molecule has 1 aromatic heterocycles. The van der Waals surface area contributed by atoms with Crippen molar-refractivity contribution in [1.82, 2.24) is 9.88 Å². The zero-order valence-corrected chi connectivity index (χ0v) is 18.4. The van der Waals surface area contributed by atoms with E-state index in [1.165, 1.54) is 5.56 Å². The summed E-state index contributed by atoms with van der Waals surface area (Å²) in [5.41, 5.74) is 11.4. The zero-order valence-electron chi connectivity index (χ0n) is 16.8. The van der Waals surface area contributed by atoms with Crippen molar-refractivity contribution in [3.05, 3.63) is 57.7 Å². The minimum Gasteiger partial charge on any atom is -0.487 e. The maximum atomic E-state index is 10.9. The Labute approximate surface area is 183 Å². The van der Waals surface area contributed by atoms with Gasteiger partial charge in [-0.15, -0.1) is 0 Å². The van der Waals surface area contributed by atoms with Gasteiger partial charge in [-0.3, -0.25) is 0 Å². The number of benzene rings is 2. The summed E-state index contributed by atoms with van der Waals surface area (Å²) in [5.74, 6) is 0.803. The highest BCUT2D eigenvalue weighted by Crippen LogP contribution is 2.40. The molecule has 6 nitrogen and oxygen atoms in total. The standard InChI is InChI=1S/C23H26BrN3O3/c1-12-7-13-5-6-26-10-14(13)19(8-12)30-20-9-18(22(28)23(20)29)27-11-15(24)21-16(25)3-2-4-17(21)27/h2-4,7-8,11,18,20,22-23,26,28-29H,5-6,9-10,25H2,1H3/t18?,20?,22-,23+/m0/s1. The number of nitrogens with one attached hydrogen (secondary N) is 1. The molecule has 4 atom stereocenters. The monoisotopic (exact) mass is 471 g/mol. The molecule has 1 fully saturated rings. The fraction of sp³-hybridized carbons (Fsp3) is 0.391. The van der Waals surface area contributed by atoms with Crippen LogP contribution in [0.5, 0.6) is 5.75 Å². The SMILES string of the molecule is Cc1cc2c(c(OC3CC(n4cc(Br)c5c(N)cccc54)[C@H](O)[C@@H]3O)c1)CNCC2. The average molecular weight is 472 g/mol. The quantitative estimate of drug-likeness (QED) is 0.440. The molecule has 0 radical (unpaired) electrons. The second-order valence-corrected chi connectivity index (χ2v) is 9.25. The molecule has 2 unspecified atom stereocenters. The fourth-order valence-corrected chi connectivity index (χ4v) is 5.56. The van der Waals surface area contributed by atoms with Crippen LogP contribution in [-0.4, -0.2) is 39.6 Å². The zero-order chi connectivity index (χ0) is 21.0. The van der Waals surface area contributed by atoms with E-state index in [-0.39, 0.29) is 6.04 Å². The summed E-state index contributed by atoms with van der Waals surface area (Å²) < 4.78 is 9.21. The lowest BCUT2D eigenvalue weighted by molar-refractivity contribution is -0.0166. The lowest BCUT2D eigenvalue weighted by atomic mass is 9.97. The van der Waals surface area contributed by atoms with Gasteiger partial charge in [0.05, 0.1) is 11.6 Å². The van der Waals surface area contributed by atoms with Crippen LogP contribution in [0.4, 0.5) is 5.69 Å². The molecule has 2 heterocycles. The number of hydrogen-bond acceptors (Lipinski definition) is 5. The molecule has 3 aromatic rings. The Hall–Kier alpha value is -2.06. The molecule has 0 spiro atoms. The van der Waals surface area contributed by atoms with E-state index in [0.29, 0.717) is 12.1 Å². The second-order valence-electron chi connectivity index (χ2n) is 8.39. The largest absolute Gasteiger partial charge is 0.487 e. The summed E-state index contributed by atoms with van der Waals surface area (Å²) in [6.45, 7) is 3.78. The van der Waals surface area contributed by atoms with Crippen molar-refractivity contribution in [3.63, 3.8) is 0 Å². The van der Waals surface area contributed by atoms with Gasteiger partial charge in [0.15, 0.2) is 0 Å². The van der Waals surface area contributed by atoms with E-state index in [1.807, 2.05) is 35.0 Å². The lowest BCUT2D eigenvalue weighted by Crippen LogP contribution is -2.34. The molecule has 7 heteroatoms. The van der Waals surface area contributed by atoms with Crippen LogP contribution in [0.1, 0.15) is 29.2 Å². The molecule has 2 aromatic carbocycles. The van der Waals surface area contributed by atoms with Crippen LogP contribution in [0, 0.1) is 6.92 Å². The van der Waals surface area contributed by atoms with E-state index in [0.717, 1.165) is 51.8 Å². The Morgan fingerprint density at radius 1 is 1.23 bits per heavy atom. The van der Waals surface area contributed by atoms with Crippen molar-refractivity contribution >= 4 is 32.5 Å². The van der Waals surface area contributed by atoms with Gasteiger partial charge in [-0.05, 0) is 65.1 Å². The number of halogens is 1. The minimum absolute atomic E-state index is 0.306. The molecule has 0 saturated heterocycles. The molecular formula is C23H26BrN3O3. The number of aromatic nitrogens is 1. The van der Waals surface area contributed by atoms with Crippen LogP contribution in [0.2, 0.25) is 0 Å². The predicted molar refractivity (Wildman–Crippen MR) is 121 cm³/mol. The summed E-state index contributed by atoms with van der Waals surface area (Å²) >= 11 is 3.59. The second kappa shape index (κ2) is 7.57. The first kappa shape index (κ1) is 19.9. The number of hydrogen-bond donors (Lipinski definition) is 4. The first-order chi connectivity index (χ1) is 14.4. The van der Waals surface area contributed by atoms with Crippen LogP contribution in [0.15, 0.2) is 41.0 Å². The third-order valence-electron chi connectivity index (χ3n) is 6.40. The maximum absolute atomic E-state index is 10.9. The van der Waals surface area contributed by atoms with Gasteiger partial charge in [0.25, 0.3) is 0 Å². The van der Waals surface area contributed by atoms with Crippen molar-refractivity contribution in [2.24, 2.45) is 0 Å². The number of anilines is 1. The maximum Gasteiger partial charge on any atom is 0.129 e. The normalized spacial score (nSPS) is 26.1. The van der Waals surface area contributed by atoms with E-state index in [2.05, 4.69) is 34.2 Å². The molecule has 0 amide bonds. The highest BCUT2D eigenvalue weighted by atomic mass is 79.9. The molecule has 30 heavy (non-hydrogen) atoms. The first-order valence-corrected chi connectivity index (χ1v) is 11.1. The third-order valence-corrected chi connectivity index (χ3v) is 7.00. The Kier molecular flexibility index (Phi) is 5.01. The number of aliphatic hydroxyl groups excluding tert-OH is 2. The molecule has 0 bridgehead atoms. The molecule has 158 valence electrons. The van der Waals surface area contributed by atoms with Crippen molar-refractivity contribution in [3.8, 4) is 5.75 Å². The van der Waals surface area contributed by atoms with Crippen LogP contribution >= 0.6 is 15.9 Å². The lowest BCUT2D eigenvalue weighted by Gasteiger charge is -2.25. The highest BCUT2D eigenvalue weighted by Gasteiger charge is 2.44. The van der Waals surface area contributed by atoms with E-state index < -0.39 is 18.3 Å². The topological polar surface area (TPSA) is 92.7 Å². The van der Waals surface area contributed by atoms with Crippen molar-refractivity contribution in [2.45, 2.75) is 50.7 Å². The molecular weight excluding hydrogens is 446 g/mol. The Bertz CT molecular complexity index is 1110. The van der Waals surface area contributed by atoms with Gasteiger partial charge in [-0.2, -0.15) is 0 Å². The molecule has 1 saturated carbocycles. The van der Waals surface area contributed by atoms with Gasteiger partial charge >= 0.3 is 0 Å². The fourth-order valence-electron chi connectivity index (χ4n) is 4.91. The number of aliphatic hydroxyl groups is 2. The average Bonchev–Trinajstić information content (AvgIpc) is 3.20. The summed E-state index contributed by atoms with van der Waals surface area (Å²) in [6, 6.07) is 9.67. The summed E-state index contributed by atoms with van der Waals surface area (Å²) in [7, 11) is 0. The van der Waals surface area contributed by atoms with Crippen molar-refractivity contribution < 1.29 is 14.9 Å². The van der Waals surface area contributed by atoms with Crippen LogP contribution in [-0.2, 0) is 13.0 Å². The molecule has 5 rings (SSSR count). The number of nitrogen functional groups attached to an aromatic ring is 1. The predicted octanol–water partition coefficient (Wildman–Crippen LogP) is 3.05. The Balaban J connectivity index is 1.47. The Morgan fingerprint density at radius 3 is 2.90 bits per heavy atom. The summed E-state index contributed by atoms with van der Waals surface area (Å²) in [6.07, 6.45) is 1.01. The highest BCUT2D eigenvalue weighted by molar-refractivity contribution is 9.10. The number of nitrogens with zero attached hydrogens (tertiary/aromatic N) is 1. The van der Waals surface area contributed by atoms with Crippen molar-refractivity contribution in [2.75, 3.05) is 12.3 Å². The minimum atomic E-state index is -0.972.